The molecule has 3 N–H and O–H groups in total. The van der Waals surface area contributed by atoms with Gasteiger partial charge in [-0.15, -0.1) is 11.3 Å². The monoisotopic (exact) mass is 288 g/mol. The van der Waals surface area contributed by atoms with E-state index in [9.17, 15) is 8.42 Å². The Morgan fingerprint density at radius 2 is 2.06 bits per heavy atom. The molecule has 1 aromatic heterocycles. The smallest absolute Gasteiger partial charge is 0.250 e. The van der Waals surface area contributed by atoms with Crippen LogP contribution in [0.2, 0.25) is 0 Å². The first-order valence-electron chi connectivity index (χ1n) is 6.24. The molecule has 1 fully saturated rings. The number of rotatable bonds is 5. The standard InChI is InChI=1S/C12H20N2O2S2/c1-12(6-2-3-7-12)9-14-18(15,16)11-5-4-10(8-13)17-11/h4-5,14H,2-3,6-9,13H2,1H3. The third-order valence-corrected chi connectivity index (χ3v) is 6.60. The van der Waals surface area contributed by atoms with Crippen LogP contribution in [0.25, 0.3) is 0 Å². The van der Waals surface area contributed by atoms with E-state index in [4.69, 9.17) is 5.73 Å². The van der Waals surface area contributed by atoms with Crippen molar-refractivity contribution in [1.82, 2.24) is 4.72 Å². The second-order valence-electron chi connectivity index (χ2n) is 5.27. The minimum atomic E-state index is -3.36. The molecule has 0 bridgehead atoms. The number of hydrogen-bond donors (Lipinski definition) is 2. The van der Waals surface area contributed by atoms with Crippen molar-refractivity contribution in [3.8, 4) is 0 Å². The van der Waals surface area contributed by atoms with Gasteiger partial charge in [0.15, 0.2) is 0 Å². The third kappa shape index (κ3) is 3.12. The molecule has 0 saturated heterocycles. The van der Waals surface area contributed by atoms with Gasteiger partial charge in [0.05, 0.1) is 0 Å². The number of thiophene rings is 1. The molecule has 0 atom stereocenters. The first-order chi connectivity index (χ1) is 8.45. The second-order valence-corrected chi connectivity index (χ2v) is 8.43. The van der Waals surface area contributed by atoms with Crippen LogP contribution >= 0.6 is 11.3 Å². The van der Waals surface area contributed by atoms with Crippen LogP contribution in [0.1, 0.15) is 37.5 Å². The van der Waals surface area contributed by atoms with E-state index in [1.807, 2.05) is 0 Å². The molecule has 0 amide bonds. The molecule has 102 valence electrons. The van der Waals surface area contributed by atoms with E-state index < -0.39 is 10.0 Å². The molecular formula is C12H20N2O2S2. The summed E-state index contributed by atoms with van der Waals surface area (Å²) in [6.07, 6.45) is 4.62. The summed E-state index contributed by atoms with van der Waals surface area (Å²) in [5.41, 5.74) is 5.62. The summed E-state index contributed by atoms with van der Waals surface area (Å²) in [7, 11) is -3.36. The molecule has 18 heavy (non-hydrogen) atoms. The van der Waals surface area contributed by atoms with E-state index in [0.29, 0.717) is 17.3 Å². The Balaban J connectivity index is 2.03. The maximum Gasteiger partial charge on any atom is 0.250 e. The summed E-state index contributed by atoms with van der Waals surface area (Å²) in [6.45, 7) is 3.07. The fraction of sp³-hybridized carbons (Fsp3) is 0.667. The van der Waals surface area contributed by atoms with Gasteiger partial charge in [-0.2, -0.15) is 0 Å². The van der Waals surface area contributed by atoms with Crippen molar-refractivity contribution in [3.05, 3.63) is 17.0 Å². The third-order valence-electron chi connectivity index (χ3n) is 3.60. The Morgan fingerprint density at radius 3 is 2.61 bits per heavy atom. The normalized spacial score (nSPS) is 19.2. The lowest BCUT2D eigenvalue weighted by molar-refractivity contribution is 0.336. The van der Waals surface area contributed by atoms with Gasteiger partial charge in [-0.25, -0.2) is 13.1 Å². The molecule has 1 aliphatic carbocycles. The van der Waals surface area contributed by atoms with Crippen LogP contribution in [0.15, 0.2) is 16.3 Å². The zero-order chi connectivity index (χ0) is 13.2. The molecule has 1 aliphatic rings. The average molecular weight is 288 g/mol. The highest BCUT2D eigenvalue weighted by atomic mass is 32.2. The number of sulfonamides is 1. The summed E-state index contributed by atoms with van der Waals surface area (Å²) >= 11 is 1.25. The van der Waals surface area contributed by atoms with Gasteiger partial charge in [-0.1, -0.05) is 19.8 Å². The first-order valence-corrected chi connectivity index (χ1v) is 8.54. The van der Waals surface area contributed by atoms with Crippen molar-refractivity contribution in [2.45, 2.75) is 43.4 Å². The Morgan fingerprint density at radius 1 is 1.39 bits per heavy atom. The molecule has 4 nitrogen and oxygen atoms in total. The Kier molecular flexibility index (Phi) is 4.11. The molecular weight excluding hydrogens is 268 g/mol. The lowest BCUT2D eigenvalue weighted by Crippen LogP contribution is -2.33. The fourth-order valence-electron chi connectivity index (χ4n) is 2.36. The van der Waals surface area contributed by atoms with Crippen LogP contribution in [0, 0.1) is 5.41 Å². The molecule has 0 aromatic carbocycles. The van der Waals surface area contributed by atoms with Crippen molar-refractivity contribution < 1.29 is 8.42 Å². The Hall–Kier alpha value is -0.430. The Bertz CT molecular complexity index is 502. The van der Waals surface area contributed by atoms with E-state index >= 15 is 0 Å². The molecule has 1 aromatic rings. The van der Waals surface area contributed by atoms with Crippen molar-refractivity contribution in [3.63, 3.8) is 0 Å². The summed E-state index contributed by atoms with van der Waals surface area (Å²) < 4.78 is 27.3. The van der Waals surface area contributed by atoms with E-state index in [0.717, 1.165) is 17.7 Å². The number of nitrogens with one attached hydrogen (secondary N) is 1. The van der Waals surface area contributed by atoms with Gasteiger partial charge in [0, 0.05) is 18.0 Å². The van der Waals surface area contributed by atoms with Gasteiger partial charge < -0.3 is 5.73 Å². The van der Waals surface area contributed by atoms with Gasteiger partial charge in [0.2, 0.25) is 10.0 Å². The van der Waals surface area contributed by atoms with Crippen LogP contribution in [0.3, 0.4) is 0 Å². The lowest BCUT2D eigenvalue weighted by atomic mass is 9.89. The topological polar surface area (TPSA) is 72.2 Å². The summed E-state index contributed by atoms with van der Waals surface area (Å²) in [6, 6.07) is 3.41. The Labute approximate surface area is 113 Å². The SMILES string of the molecule is CC1(CNS(=O)(=O)c2ccc(CN)s2)CCCC1. The van der Waals surface area contributed by atoms with Crippen LogP contribution < -0.4 is 10.5 Å². The predicted molar refractivity (Wildman–Crippen MR) is 74.0 cm³/mol. The molecule has 2 rings (SSSR count). The minimum Gasteiger partial charge on any atom is -0.326 e. The van der Waals surface area contributed by atoms with Crippen LogP contribution in [0.5, 0.6) is 0 Å². The van der Waals surface area contributed by atoms with Crippen LogP contribution in [-0.2, 0) is 16.6 Å². The van der Waals surface area contributed by atoms with E-state index in [1.54, 1.807) is 12.1 Å². The molecule has 0 spiro atoms. The van der Waals surface area contributed by atoms with Crippen molar-refractivity contribution in [2.24, 2.45) is 11.1 Å². The molecule has 0 aliphatic heterocycles. The van der Waals surface area contributed by atoms with Crippen LogP contribution in [0.4, 0.5) is 0 Å². The summed E-state index contributed by atoms with van der Waals surface area (Å²) in [5, 5.41) is 0. The zero-order valence-corrected chi connectivity index (χ0v) is 12.2. The highest BCUT2D eigenvalue weighted by Crippen LogP contribution is 2.37. The van der Waals surface area contributed by atoms with Crippen molar-refractivity contribution >= 4 is 21.4 Å². The highest BCUT2D eigenvalue weighted by Gasteiger charge is 2.30. The largest absolute Gasteiger partial charge is 0.326 e. The van der Waals surface area contributed by atoms with Gasteiger partial charge in [-0.05, 0) is 30.4 Å². The molecule has 0 radical (unpaired) electrons. The fourth-order valence-corrected chi connectivity index (χ4v) is 4.84. The van der Waals surface area contributed by atoms with Gasteiger partial charge in [0.25, 0.3) is 0 Å². The maximum atomic E-state index is 12.1. The maximum absolute atomic E-state index is 12.1. The number of nitrogens with two attached hydrogens (primary N) is 1. The van der Waals surface area contributed by atoms with Crippen molar-refractivity contribution in [1.29, 1.82) is 0 Å². The van der Waals surface area contributed by atoms with Gasteiger partial charge in [-0.3, -0.25) is 0 Å². The van der Waals surface area contributed by atoms with E-state index in [1.165, 1.54) is 24.2 Å². The molecule has 1 saturated carbocycles. The van der Waals surface area contributed by atoms with Gasteiger partial charge >= 0.3 is 0 Å². The van der Waals surface area contributed by atoms with E-state index in [2.05, 4.69) is 11.6 Å². The zero-order valence-electron chi connectivity index (χ0n) is 10.6. The summed E-state index contributed by atoms with van der Waals surface area (Å²) in [4.78, 5) is 0.891. The first kappa shape index (κ1) is 14.0. The van der Waals surface area contributed by atoms with Crippen molar-refractivity contribution in [2.75, 3.05) is 6.54 Å². The highest BCUT2D eigenvalue weighted by molar-refractivity contribution is 7.91. The molecule has 1 heterocycles. The quantitative estimate of drug-likeness (QED) is 0.871. The van der Waals surface area contributed by atoms with Crippen LogP contribution in [-0.4, -0.2) is 15.0 Å². The van der Waals surface area contributed by atoms with E-state index in [-0.39, 0.29) is 5.41 Å². The average Bonchev–Trinajstić information content (AvgIpc) is 2.96. The number of hydrogen-bond acceptors (Lipinski definition) is 4. The second kappa shape index (κ2) is 5.28. The molecule has 0 unspecified atom stereocenters. The van der Waals surface area contributed by atoms with Gasteiger partial charge in [0.1, 0.15) is 4.21 Å². The summed E-state index contributed by atoms with van der Waals surface area (Å²) in [5.74, 6) is 0. The molecule has 6 heteroatoms. The minimum absolute atomic E-state index is 0.126. The lowest BCUT2D eigenvalue weighted by Gasteiger charge is -2.23. The predicted octanol–water partition coefficient (Wildman–Crippen LogP) is 2.07.